The van der Waals surface area contributed by atoms with E-state index in [0.29, 0.717) is 24.2 Å². The van der Waals surface area contributed by atoms with Gasteiger partial charge in [0.25, 0.3) is 0 Å². The maximum Gasteiger partial charge on any atom is 0.337 e. The minimum absolute atomic E-state index is 0.0925. The van der Waals surface area contributed by atoms with Crippen LogP contribution in [0.3, 0.4) is 0 Å². The van der Waals surface area contributed by atoms with E-state index in [-0.39, 0.29) is 17.9 Å². The summed E-state index contributed by atoms with van der Waals surface area (Å²) in [6.07, 6.45) is 3.75. The van der Waals surface area contributed by atoms with E-state index in [9.17, 15) is 19.5 Å². The van der Waals surface area contributed by atoms with Crippen LogP contribution in [0.2, 0.25) is 0 Å². The number of piperazine rings is 1. The number of anilines is 1. The molecule has 0 spiro atoms. The molecule has 4 N–H and O–H groups in total. The highest BCUT2D eigenvalue weighted by Gasteiger charge is 2.37. The van der Waals surface area contributed by atoms with Crippen LogP contribution in [0.15, 0.2) is 54.6 Å². The lowest BCUT2D eigenvalue weighted by Gasteiger charge is -2.44. The molecule has 180 valence electrons. The van der Waals surface area contributed by atoms with Crippen LogP contribution in [0.4, 0.5) is 5.69 Å². The van der Waals surface area contributed by atoms with Gasteiger partial charge in [0.1, 0.15) is 6.04 Å². The summed E-state index contributed by atoms with van der Waals surface area (Å²) in [5.74, 6) is -1.84. The van der Waals surface area contributed by atoms with Crippen molar-refractivity contribution < 1.29 is 19.5 Å². The van der Waals surface area contributed by atoms with Gasteiger partial charge in [-0.3, -0.25) is 14.5 Å². The van der Waals surface area contributed by atoms with E-state index in [1.165, 1.54) is 0 Å². The summed E-state index contributed by atoms with van der Waals surface area (Å²) in [4.78, 5) is 41.5. The Morgan fingerprint density at radius 2 is 1.56 bits per heavy atom. The number of carboxylic acids is 1. The summed E-state index contributed by atoms with van der Waals surface area (Å²) in [7, 11) is 0. The third-order valence-corrected chi connectivity index (χ3v) is 7.03. The Morgan fingerprint density at radius 3 is 2.24 bits per heavy atom. The largest absolute Gasteiger partial charge is 0.478 e. The second kappa shape index (κ2) is 10.7. The molecule has 1 aliphatic carbocycles. The number of carbonyl (C=O) groups is 3. The molecule has 0 unspecified atom stereocenters. The number of rotatable bonds is 7. The standard InChI is InChI=1S/C26H32N4O4/c27-24(31)23(18-8-2-1-3-9-18)28-25(32)19-10-4-6-12-21(19)29-14-16-30(17-15-29)22-13-7-5-11-20(22)26(33)34/h1-3,5,7-9,11,13,19,21,23H,4,6,10,12,14-17H2,(H2,27,31)(H,28,32)(H,33,34)/t19-,21-,23+/m1/s1. The molecule has 2 aliphatic rings. The van der Waals surface area contributed by atoms with E-state index in [2.05, 4.69) is 15.1 Å². The van der Waals surface area contributed by atoms with Crippen LogP contribution in [0.1, 0.15) is 47.6 Å². The normalized spacial score (nSPS) is 22.1. The Bertz CT molecular complexity index is 1020. The minimum atomic E-state index is -0.926. The number of nitrogens with two attached hydrogens (primary N) is 1. The molecule has 2 aromatic carbocycles. The first-order valence-corrected chi connectivity index (χ1v) is 11.9. The van der Waals surface area contributed by atoms with Crippen molar-refractivity contribution in [3.8, 4) is 0 Å². The Hall–Kier alpha value is -3.39. The van der Waals surface area contributed by atoms with Gasteiger partial charge in [0.05, 0.1) is 17.2 Å². The predicted octanol–water partition coefficient (Wildman–Crippen LogP) is 2.41. The molecule has 34 heavy (non-hydrogen) atoms. The first-order chi connectivity index (χ1) is 16.5. The number of aromatic carboxylic acids is 1. The van der Waals surface area contributed by atoms with E-state index in [4.69, 9.17) is 5.73 Å². The van der Waals surface area contributed by atoms with Crippen LogP contribution in [0.25, 0.3) is 0 Å². The smallest absolute Gasteiger partial charge is 0.337 e. The van der Waals surface area contributed by atoms with Crippen LogP contribution in [-0.4, -0.2) is 60.0 Å². The van der Waals surface area contributed by atoms with Crippen LogP contribution in [0.5, 0.6) is 0 Å². The molecule has 4 rings (SSSR count). The minimum Gasteiger partial charge on any atom is -0.478 e. The third kappa shape index (κ3) is 5.22. The first kappa shape index (κ1) is 23.8. The molecule has 0 aromatic heterocycles. The van der Waals surface area contributed by atoms with Crippen LogP contribution in [-0.2, 0) is 9.59 Å². The Balaban J connectivity index is 1.43. The number of nitrogens with zero attached hydrogens (tertiary/aromatic N) is 2. The van der Waals surface area contributed by atoms with Gasteiger partial charge in [-0.2, -0.15) is 0 Å². The summed E-state index contributed by atoms with van der Waals surface area (Å²) < 4.78 is 0. The SMILES string of the molecule is NC(=O)[C@@H](NC(=O)[C@@H]1CCCC[C@H]1N1CCN(c2ccccc2C(=O)O)CC1)c1ccccc1. The number of hydrogen-bond acceptors (Lipinski definition) is 5. The number of para-hydroxylation sites is 1. The summed E-state index contributed by atoms with van der Waals surface area (Å²) in [6, 6.07) is 15.4. The molecule has 0 radical (unpaired) electrons. The maximum atomic E-state index is 13.3. The molecule has 1 saturated heterocycles. The molecular formula is C26H32N4O4. The molecule has 8 nitrogen and oxygen atoms in total. The van der Waals surface area contributed by atoms with E-state index in [1.807, 2.05) is 30.3 Å². The topological polar surface area (TPSA) is 116 Å². The molecule has 2 aromatic rings. The number of benzene rings is 2. The zero-order valence-electron chi connectivity index (χ0n) is 19.2. The fraction of sp³-hybridized carbons (Fsp3) is 0.423. The Morgan fingerprint density at radius 1 is 0.912 bits per heavy atom. The van der Waals surface area contributed by atoms with E-state index < -0.39 is 17.9 Å². The fourth-order valence-electron chi connectivity index (χ4n) is 5.29. The van der Waals surface area contributed by atoms with Crippen molar-refractivity contribution in [2.45, 2.75) is 37.8 Å². The van der Waals surface area contributed by atoms with Gasteiger partial charge in [0.15, 0.2) is 0 Å². The summed E-state index contributed by atoms with van der Waals surface area (Å²) in [6.45, 7) is 2.90. The second-order valence-corrected chi connectivity index (χ2v) is 9.06. The number of amides is 2. The summed E-state index contributed by atoms with van der Waals surface area (Å²) >= 11 is 0. The number of hydrogen-bond donors (Lipinski definition) is 3. The van der Waals surface area contributed by atoms with Gasteiger partial charge < -0.3 is 21.1 Å². The highest BCUT2D eigenvalue weighted by molar-refractivity contribution is 5.94. The highest BCUT2D eigenvalue weighted by Crippen LogP contribution is 2.31. The van der Waals surface area contributed by atoms with E-state index >= 15 is 0 Å². The van der Waals surface area contributed by atoms with Crippen molar-refractivity contribution in [1.82, 2.24) is 10.2 Å². The van der Waals surface area contributed by atoms with Gasteiger partial charge >= 0.3 is 5.97 Å². The highest BCUT2D eigenvalue weighted by atomic mass is 16.4. The lowest BCUT2D eigenvalue weighted by molar-refractivity contribution is -0.132. The van der Waals surface area contributed by atoms with E-state index in [1.54, 1.807) is 24.3 Å². The quantitative estimate of drug-likeness (QED) is 0.580. The van der Waals surface area contributed by atoms with Crippen molar-refractivity contribution in [3.05, 3.63) is 65.7 Å². The molecule has 0 bridgehead atoms. The van der Waals surface area contributed by atoms with Crippen molar-refractivity contribution in [2.75, 3.05) is 31.1 Å². The van der Waals surface area contributed by atoms with Crippen molar-refractivity contribution in [2.24, 2.45) is 11.7 Å². The molecule has 1 aliphatic heterocycles. The fourth-order valence-corrected chi connectivity index (χ4v) is 5.29. The van der Waals surface area contributed by atoms with Gasteiger partial charge in [-0.25, -0.2) is 4.79 Å². The first-order valence-electron chi connectivity index (χ1n) is 11.9. The maximum absolute atomic E-state index is 13.3. The lowest BCUT2D eigenvalue weighted by Crippen LogP contribution is -2.56. The summed E-state index contributed by atoms with van der Waals surface area (Å²) in [5, 5.41) is 12.4. The molecule has 2 fully saturated rings. The monoisotopic (exact) mass is 464 g/mol. The number of primary amides is 1. The molecular weight excluding hydrogens is 432 g/mol. The molecule has 3 atom stereocenters. The van der Waals surface area contributed by atoms with Gasteiger partial charge in [0.2, 0.25) is 11.8 Å². The summed E-state index contributed by atoms with van der Waals surface area (Å²) in [5.41, 5.74) is 7.34. The average molecular weight is 465 g/mol. The average Bonchev–Trinajstić information content (AvgIpc) is 2.87. The second-order valence-electron chi connectivity index (χ2n) is 9.06. The Kier molecular flexibility index (Phi) is 7.47. The number of carbonyl (C=O) groups excluding carboxylic acids is 2. The lowest BCUT2D eigenvalue weighted by atomic mass is 9.82. The zero-order chi connectivity index (χ0) is 24.1. The molecule has 8 heteroatoms. The van der Waals surface area contributed by atoms with Crippen LogP contribution < -0.4 is 16.0 Å². The van der Waals surface area contributed by atoms with Gasteiger partial charge in [0, 0.05) is 32.2 Å². The van der Waals surface area contributed by atoms with Crippen LogP contribution >= 0.6 is 0 Å². The number of carboxylic acid groups (broad SMARTS) is 1. The van der Waals surface area contributed by atoms with Crippen molar-refractivity contribution >= 4 is 23.5 Å². The van der Waals surface area contributed by atoms with Gasteiger partial charge in [-0.15, -0.1) is 0 Å². The molecule has 1 heterocycles. The van der Waals surface area contributed by atoms with Crippen LogP contribution in [0, 0.1) is 5.92 Å². The third-order valence-electron chi connectivity index (χ3n) is 7.03. The molecule has 1 saturated carbocycles. The number of nitrogens with one attached hydrogen (secondary N) is 1. The zero-order valence-corrected chi connectivity index (χ0v) is 19.2. The molecule has 2 amide bonds. The predicted molar refractivity (Wildman–Crippen MR) is 129 cm³/mol. The van der Waals surface area contributed by atoms with E-state index in [0.717, 1.165) is 44.5 Å². The Labute approximate surface area is 199 Å². The van der Waals surface area contributed by atoms with Crippen molar-refractivity contribution in [3.63, 3.8) is 0 Å². The van der Waals surface area contributed by atoms with Crippen molar-refractivity contribution in [1.29, 1.82) is 0 Å². The van der Waals surface area contributed by atoms with Gasteiger partial charge in [-0.1, -0.05) is 55.3 Å². The van der Waals surface area contributed by atoms with Gasteiger partial charge in [-0.05, 0) is 30.5 Å².